The van der Waals surface area contributed by atoms with E-state index in [1.54, 1.807) is 6.20 Å². The molecule has 2 aromatic heterocycles. The molecule has 0 radical (unpaired) electrons. The molecule has 4 nitrogen and oxygen atoms in total. The maximum atomic E-state index is 4.76. The van der Waals surface area contributed by atoms with Crippen molar-refractivity contribution in [3.8, 4) is 11.3 Å². The zero-order chi connectivity index (χ0) is 13.5. The summed E-state index contributed by atoms with van der Waals surface area (Å²) in [7, 11) is 0. The number of hydrogen-bond acceptors (Lipinski definition) is 3. The smallest absolute Gasteiger partial charge is 0.0922 e. The molecule has 2 heterocycles. The van der Waals surface area contributed by atoms with Gasteiger partial charge in [0.25, 0.3) is 0 Å². The highest BCUT2D eigenvalue weighted by Crippen LogP contribution is 2.24. The lowest BCUT2D eigenvalue weighted by molar-refractivity contribution is 1.12. The summed E-state index contributed by atoms with van der Waals surface area (Å²) in [6.45, 7) is 1.99. The average molecular weight is 260 g/mol. The zero-order valence-corrected chi connectivity index (χ0v) is 11.0. The van der Waals surface area contributed by atoms with Gasteiger partial charge in [0.15, 0.2) is 0 Å². The normalized spacial score (nSPS) is 11.2. The lowest BCUT2D eigenvalue weighted by Gasteiger charge is -2.06. The van der Waals surface area contributed by atoms with Crippen molar-refractivity contribution in [3.05, 3.63) is 54.4 Å². The zero-order valence-electron chi connectivity index (χ0n) is 11.0. The Balaban J connectivity index is 2.03. The summed E-state index contributed by atoms with van der Waals surface area (Å²) in [4.78, 5) is 9.44. The maximum absolute atomic E-state index is 4.76. The predicted molar refractivity (Wildman–Crippen MR) is 79.4 cm³/mol. The van der Waals surface area contributed by atoms with Gasteiger partial charge < -0.3 is 0 Å². The minimum atomic E-state index is 0.881. The molecular weight excluding hydrogens is 248 g/mol. The van der Waals surface area contributed by atoms with Crippen LogP contribution in [0.3, 0.4) is 0 Å². The van der Waals surface area contributed by atoms with Crippen molar-refractivity contribution in [3.63, 3.8) is 0 Å². The third kappa shape index (κ3) is 1.66. The van der Waals surface area contributed by atoms with Crippen LogP contribution in [0.25, 0.3) is 33.2 Å². The topological polar surface area (TPSA) is 54.5 Å². The summed E-state index contributed by atoms with van der Waals surface area (Å²) in [6.07, 6.45) is 1.80. The van der Waals surface area contributed by atoms with Crippen molar-refractivity contribution < 1.29 is 0 Å². The standard InChI is InChI=1S/C16H12N4/c1-10-16(11-5-3-2-4-6-11)19-15-8-13-12(9-17-20-13)7-14(15)18-10/h2-9H,1H3,(H,17,20). The number of aryl methyl sites for hydroxylation is 1. The molecule has 0 atom stereocenters. The fourth-order valence-corrected chi connectivity index (χ4v) is 2.45. The number of benzene rings is 2. The second-order valence-corrected chi connectivity index (χ2v) is 4.82. The van der Waals surface area contributed by atoms with Gasteiger partial charge in [0, 0.05) is 10.9 Å². The second-order valence-electron chi connectivity index (χ2n) is 4.82. The van der Waals surface area contributed by atoms with Gasteiger partial charge in [-0.15, -0.1) is 0 Å². The molecule has 4 rings (SSSR count). The Hall–Kier alpha value is -2.75. The quantitative estimate of drug-likeness (QED) is 0.570. The van der Waals surface area contributed by atoms with Crippen LogP contribution in [0.1, 0.15) is 5.69 Å². The van der Waals surface area contributed by atoms with E-state index in [4.69, 9.17) is 4.98 Å². The molecule has 4 heteroatoms. The van der Waals surface area contributed by atoms with Crippen LogP contribution in [0.4, 0.5) is 0 Å². The molecule has 1 N–H and O–H groups in total. The summed E-state index contributed by atoms with van der Waals surface area (Å²) in [5.74, 6) is 0. The fraction of sp³-hybridized carbons (Fsp3) is 0.0625. The molecule has 4 aromatic rings. The number of fused-ring (bicyclic) bond motifs is 2. The molecule has 2 aromatic carbocycles. The van der Waals surface area contributed by atoms with Crippen molar-refractivity contribution in [2.75, 3.05) is 0 Å². The van der Waals surface area contributed by atoms with Crippen molar-refractivity contribution >= 4 is 21.9 Å². The van der Waals surface area contributed by atoms with Gasteiger partial charge in [-0.1, -0.05) is 30.3 Å². The van der Waals surface area contributed by atoms with E-state index in [0.29, 0.717) is 0 Å². The van der Waals surface area contributed by atoms with Crippen molar-refractivity contribution in [2.45, 2.75) is 6.92 Å². The molecule has 0 saturated carbocycles. The van der Waals surface area contributed by atoms with Crippen LogP contribution in [-0.4, -0.2) is 20.2 Å². The summed E-state index contributed by atoms with van der Waals surface area (Å²) in [5.41, 5.74) is 5.71. The molecule has 96 valence electrons. The first-order valence-corrected chi connectivity index (χ1v) is 6.48. The third-order valence-corrected chi connectivity index (χ3v) is 3.45. The molecule has 0 fully saturated rings. The van der Waals surface area contributed by atoms with E-state index in [-0.39, 0.29) is 0 Å². The lowest BCUT2D eigenvalue weighted by Crippen LogP contribution is -1.94. The van der Waals surface area contributed by atoms with Crippen LogP contribution in [0.15, 0.2) is 48.7 Å². The van der Waals surface area contributed by atoms with E-state index >= 15 is 0 Å². The van der Waals surface area contributed by atoms with Gasteiger partial charge in [0.1, 0.15) is 0 Å². The highest BCUT2D eigenvalue weighted by atomic mass is 15.1. The summed E-state index contributed by atoms with van der Waals surface area (Å²) in [6, 6.07) is 14.1. The number of hydrogen-bond donors (Lipinski definition) is 1. The average Bonchev–Trinajstić information content (AvgIpc) is 2.92. The van der Waals surface area contributed by atoms with Gasteiger partial charge in [0.2, 0.25) is 0 Å². The monoisotopic (exact) mass is 260 g/mol. The molecule has 0 bridgehead atoms. The number of H-pyrrole nitrogens is 1. The van der Waals surface area contributed by atoms with Crippen molar-refractivity contribution in [1.82, 2.24) is 20.2 Å². The van der Waals surface area contributed by atoms with Crippen LogP contribution < -0.4 is 0 Å². The Labute approximate surface area is 115 Å². The van der Waals surface area contributed by atoms with E-state index in [1.807, 2.05) is 37.3 Å². The van der Waals surface area contributed by atoms with E-state index in [9.17, 15) is 0 Å². The van der Waals surface area contributed by atoms with Crippen LogP contribution >= 0.6 is 0 Å². The van der Waals surface area contributed by atoms with Gasteiger partial charge in [-0.25, -0.2) is 9.97 Å². The molecular formula is C16H12N4. The predicted octanol–water partition coefficient (Wildman–Crippen LogP) is 3.48. The number of aromatic amines is 1. The first kappa shape index (κ1) is 11.1. The molecule has 20 heavy (non-hydrogen) atoms. The summed E-state index contributed by atoms with van der Waals surface area (Å²) < 4.78 is 0. The minimum absolute atomic E-state index is 0.881. The van der Waals surface area contributed by atoms with Crippen LogP contribution in [0, 0.1) is 6.92 Å². The Kier molecular flexibility index (Phi) is 2.29. The number of rotatable bonds is 1. The van der Waals surface area contributed by atoms with Gasteiger partial charge in [0.05, 0.1) is 34.1 Å². The van der Waals surface area contributed by atoms with Gasteiger partial charge >= 0.3 is 0 Å². The molecule has 0 aliphatic heterocycles. The molecule has 0 aliphatic carbocycles. The number of aromatic nitrogens is 4. The molecule has 0 saturated heterocycles. The molecule has 0 unspecified atom stereocenters. The Bertz CT molecular complexity index is 910. The molecule has 0 spiro atoms. The van der Waals surface area contributed by atoms with Gasteiger partial charge in [-0.2, -0.15) is 5.10 Å². The highest BCUT2D eigenvalue weighted by molar-refractivity contribution is 5.93. The highest BCUT2D eigenvalue weighted by Gasteiger charge is 2.08. The van der Waals surface area contributed by atoms with E-state index in [0.717, 1.165) is 38.9 Å². The maximum Gasteiger partial charge on any atom is 0.0922 e. The van der Waals surface area contributed by atoms with E-state index in [2.05, 4.69) is 27.3 Å². The Morgan fingerprint density at radius 1 is 0.950 bits per heavy atom. The minimum Gasteiger partial charge on any atom is -0.278 e. The summed E-state index contributed by atoms with van der Waals surface area (Å²) in [5, 5.41) is 8.07. The molecule has 0 amide bonds. The number of nitrogens with zero attached hydrogens (tertiary/aromatic N) is 3. The van der Waals surface area contributed by atoms with Gasteiger partial charge in [-0.05, 0) is 19.1 Å². The largest absolute Gasteiger partial charge is 0.278 e. The van der Waals surface area contributed by atoms with Crippen molar-refractivity contribution in [1.29, 1.82) is 0 Å². The second kappa shape index (κ2) is 4.13. The Morgan fingerprint density at radius 2 is 1.75 bits per heavy atom. The van der Waals surface area contributed by atoms with Crippen LogP contribution in [-0.2, 0) is 0 Å². The fourth-order valence-electron chi connectivity index (χ4n) is 2.45. The van der Waals surface area contributed by atoms with Gasteiger partial charge in [-0.3, -0.25) is 5.10 Å². The van der Waals surface area contributed by atoms with Crippen LogP contribution in [0.2, 0.25) is 0 Å². The first-order chi connectivity index (χ1) is 9.81. The summed E-state index contributed by atoms with van der Waals surface area (Å²) >= 11 is 0. The molecule has 0 aliphatic rings. The third-order valence-electron chi connectivity index (χ3n) is 3.45. The first-order valence-electron chi connectivity index (χ1n) is 6.48. The number of nitrogens with one attached hydrogen (secondary N) is 1. The van der Waals surface area contributed by atoms with E-state index in [1.165, 1.54) is 0 Å². The van der Waals surface area contributed by atoms with Crippen LogP contribution in [0.5, 0.6) is 0 Å². The van der Waals surface area contributed by atoms with E-state index < -0.39 is 0 Å². The lowest BCUT2D eigenvalue weighted by atomic mass is 10.1. The van der Waals surface area contributed by atoms with Crippen molar-refractivity contribution in [2.24, 2.45) is 0 Å². The SMILES string of the molecule is Cc1nc2cc3cn[nH]c3cc2nc1-c1ccccc1. The Morgan fingerprint density at radius 3 is 2.60 bits per heavy atom.